The maximum absolute atomic E-state index is 13.3. The fraction of sp³-hybridized carbons (Fsp3) is 0.464. The summed E-state index contributed by atoms with van der Waals surface area (Å²) in [4.78, 5) is 38.6. The smallest absolute Gasteiger partial charge is 0.573 e. The van der Waals surface area contributed by atoms with Crippen molar-refractivity contribution in [2.75, 3.05) is 12.4 Å². The Hall–Kier alpha value is -3.85. The van der Waals surface area contributed by atoms with E-state index in [1.807, 2.05) is 0 Å². The molecule has 3 aliphatic rings. The van der Waals surface area contributed by atoms with Crippen LogP contribution in [0.5, 0.6) is 11.5 Å². The Balaban J connectivity index is 1.37. The van der Waals surface area contributed by atoms with Gasteiger partial charge in [-0.2, -0.15) is 0 Å². The minimum absolute atomic E-state index is 0.197. The summed E-state index contributed by atoms with van der Waals surface area (Å²) in [5.41, 5.74) is -0.715. The second-order valence-electron chi connectivity index (χ2n) is 11.0. The van der Waals surface area contributed by atoms with Gasteiger partial charge in [0.2, 0.25) is 0 Å². The Kier molecular flexibility index (Phi) is 7.84. The fourth-order valence-corrected chi connectivity index (χ4v) is 6.39. The third-order valence-electron chi connectivity index (χ3n) is 7.88. The Labute approximate surface area is 243 Å². The van der Waals surface area contributed by atoms with Crippen LogP contribution in [0, 0.1) is 23.7 Å². The summed E-state index contributed by atoms with van der Waals surface area (Å²) < 4.78 is 98.1. The summed E-state index contributed by atoms with van der Waals surface area (Å²) >= 11 is 0. The van der Waals surface area contributed by atoms with E-state index in [-0.39, 0.29) is 12.0 Å². The Bertz CT molecular complexity index is 1520. The molecule has 6 atom stereocenters. The molecule has 2 aliphatic carbocycles. The zero-order valence-corrected chi connectivity index (χ0v) is 23.6. The van der Waals surface area contributed by atoms with Gasteiger partial charge < -0.3 is 28.2 Å². The third kappa shape index (κ3) is 6.42. The standard InChI is InChI=1S/C28H27F3O11S/c1-27(2,15-6-4-3-5-7-15)41-19-12-14(8-9-18(19)42-28(29,30)31)24(32)39-22-16-13-17-21(26(34)40-23(17)22)20(16)25(33)38-10-11-43(35,36)37/h3-9,12,16-17,20-23H,10-11,13H2,1-2H3,(H,35,36,37)/p-1. The van der Waals surface area contributed by atoms with E-state index in [0.717, 1.165) is 18.2 Å². The SMILES string of the molecule is CC(C)(Oc1cc(C(=O)OC2C3CC4C2OC(=O)C4C3C(=O)OCCS(=O)(=O)[O-])ccc1OC(F)(F)F)c1ccccc1. The molecule has 1 heterocycles. The van der Waals surface area contributed by atoms with Gasteiger partial charge in [0, 0.05) is 11.8 Å². The second kappa shape index (κ2) is 11.0. The summed E-state index contributed by atoms with van der Waals surface area (Å²) in [7, 11) is -4.65. The number of benzene rings is 2. The van der Waals surface area contributed by atoms with Crippen molar-refractivity contribution < 1.29 is 64.2 Å². The monoisotopic (exact) mass is 627 g/mol. The quantitative estimate of drug-likeness (QED) is 0.216. The molecule has 1 saturated heterocycles. The molecular weight excluding hydrogens is 601 g/mol. The number of carbonyl (C=O) groups is 3. The number of ether oxygens (including phenoxy) is 5. The van der Waals surface area contributed by atoms with E-state index in [1.165, 1.54) is 0 Å². The zero-order chi connectivity index (χ0) is 31.3. The first-order valence-electron chi connectivity index (χ1n) is 13.2. The van der Waals surface area contributed by atoms with Crippen LogP contribution in [-0.4, -0.2) is 61.8 Å². The van der Waals surface area contributed by atoms with Gasteiger partial charge >= 0.3 is 24.3 Å². The van der Waals surface area contributed by atoms with E-state index in [9.17, 15) is 40.5 Å². The average Bonchev–Trinajstić information content (AvgIpc) is 3.52. The first kappa shape index (κ1) is 30.6. The van der Waals surface area contributed by atoms with Crippen molar-refractivity contribution in [1.82, 2.24) is 0 Å². The summed E-state index contributed by atoms with van der Waals surface area (Å²) in [6.07, 6.45) is -6.71. The minimum atomic E-state index is -5.05. The van der Waals surface area contributed by atoms with E-state index in [1.54, 1.807) is 44.2 Å². The fourth-order valence-electron chi connectivity index (χ4n) is 6.10. The number of hydrogen-bond donors (Lipinski definition) is 0. The highest BCUT2D eigenvalue weighted by atomic mass is 32.2. The van der Waals surface area contributed by atoms with Gasteiger partial charge in [-0.05, 0) is 44.0 Å². The number of alkyl halides is 3. The normalized spacial score (nSPS) is 26.1. The molecule has 2 bridgehead atoms. The predicted octanol–water partition coefficient (Wildman–Crippen LogP) is 3.32. The molecule has 1 aliphatic heterocycles. The van der Waals surface area contributed by atoms with Crippen molar-refractivity contribution >= 4 is 28.0 Å². The third-order valence-corrected chi connectivity index (χ3v) is 8.54. The lowest BCUT2D eigenvalue weighted by Crippen LogP contribution is -2.44. The van der Waals surface area contributed by atoms with Gasteiger partial charge in [-0.1, -0.05) is 30.3 Å². The van der Waals surface area contributed by atoms with Crippen LogP contribution in [0.3, 0.4) is 0 Å². The molecule has 15 heteroatoms. The van der Waals surface area contributed by atoms with Crippen molar-refractivity contribution in [3.63, 3.8) is 0 Å². The zero-order valence-electron chi connectivity index (χ0n) is 22.7. The van der Waals surface area contributed by atoms with Gasteiger partial charge in [0.1, 0.15) is 24.4 Å². The van der Waals surface area contributed by atoms with Gasteiger partial charge in [-0.3, -0.25) is 9.59 Å². The van der Waals surface area contributed by atoms with Gasteiger partial charge in [-0.25, -0.2) is 13.2 Å². The van der Waals surface area contributed by atoms with Crippen LogP contribution in [0.15, 0.2) is 48.5 Å². The van der Waals surface area contributed by atoms with Crippen molar-refractivity contribution in [2.24, 2.45) is 23.7 Å². The van der Waals surface area contributed by atoms with Gasteiger partial charge in [0.25, 0.3) is 0 Å². The highest BCUT2D eigenvalue weighted by Gasteiger charge is 2.70. The molecule has 6 unspecified atom stereocenters. The first-order chi connectivity index (χ1) is 20.0. The van der Waals surface area contributed by atoms with Crippen molar-refractivity contribution in [1.29, 1.82) is 0 Å². The summed E-state index contributed by atoms with van der Waals surface area (Å²) in [5, 5.41) is 0. The van der Waals surface area contributed by atoms with E-state index in [4.69, 9.17) is 18.9 Å². The van der Waals surface area contributed by atoms with Crippen molar-refractivity contribution in [2.45, 2.75) is 44.4 Å². The van der Waals surface area contributed by atoms with Gasteiger partial charge in [0.05, 0.1) is 33.3 Å². The lowest BCUT2D eigenvalue weighted by molar-refractivity contribution is -0.275. The molecule has 2 aromatic carbocycles. The number of halogens is 3. The summed E-state index contributed by atoms with van der Waals surface area (Å²) in [5.74, 6) is -7.79. The van der Waals surface area contributed by atoms with Crippen LogP contribution >= 0.6 is 0 Å². The van der Waals surface area contributed by atoms with Crippen molar-refractivity contribution in [3.05, 3.63) is 59.7 Å². The Morgan fingerprint density at radius 2 is 1.72 bits per heavy atom. The van der Waals surface area contributed by atoms with E-state index < -0.39 is 99.7 Å². The minimum Gasteiger partial charge on any atom is -0.748 e. The van der Waals surface area contributed by atoms with E-state index in [2.05, 4.69) is 4.74 Å². The molecule has 2 aromatic rings. The lowest BCUT2D eigenvalue weighted by Gasteiger charge is -2.30. The molecule has 0 aromatic heterocycles. The van der Waals surface area contributed by atoms with Crippen LogP contribution in [0.25, 0.3) is 0 Å². The number of fused-ring (bicyclic) bond motifs is 1. The van der Waals surface area contributed by atoms with Crippen LogP contribution in [0.4, 0.5) is 13.2 Å². The first-order valence-corrected chi connectivity index (χ1v) is 14.8. The molecule has 2 saturated carbocycles. The molecular formula is C28H26F3O11S-. The highest BCUT2D eigenvalue weighted by molar-refractivity contribution is 7.85. The lowest BCUT2D eigenvalue weighted by atomic mass is 9.78. The second-order valence-corrected chi connectivity index (χ2v) is 12.5. The molecule has 3 fully saturated rings. The molecule has 0 amide bonds. The Morgan fingerprint density at radius 3 is 2.37 bits per heavy atom. The number of hydrogen-bond acceptors (Lipinski definition) is 11. The van der Waals surface area contributed by atoms with Crippen molar-refractivity contribution in [3.8, 4) is 11.5 Å². The maximum atomic E-state index is 13.3. The van der Waals surface area contributed by atoms with Crippen LogP contribution in [0.2, 0.25) is 0 Å². The molecule has 5 rings (SSSR count). The molecule has 43 heavy (non-hydrogen) atoms. The molecule has 232 valence electrons. The number of rotatable bonds is 10. The molecule has 0 N–H and O–H groups in total. The topological polar surface area (TPSA) is 155 Å². The predicted molar refractivity (Wildman–Crippen MR) is 136 cm³/mol. The van der Waals surface area contributed by atoms with E-state index >= 15 is 0 Å². The van der Waals surface area contributed by atoms with Crippen LogP contribution < -0.4 is 9.47 Å². The summed E-state index contributed by atoms with van der Waals surface area (Å²) in [6, 6.07) is 11.7. The van der Waals surface area contributed by atoms with Crippen LogP contribution in [0.1, 0.15) is 36.2 Å². The van der Waals surface area contributed by atoms with E-state index in [0.29, 0.717) is 5.56 Å². The largest absolute Gasteiger partial charge is 0.748 e. The maximum Gasteiger partial charge on any atom is 0.573 e. The molecule has 11 nitrogen and oxygen atoms in total. The molecule has 0 spiro atoms. The highest BCUT2D eigenvalue weighted by Crippen LogP contribution is 2.59. The van der Waals surface area contributed by atoms with Gasteiger partial charge in [0.15, 0.2) is 11.5 Å². The van der Waals surface area contributed by atoms with Gasteiger partial charge in [-0.15, -0.1) is 13.2 Å². The summed E-state index contributed by atoms with van der Waals surface area (Å²) in [6.45, 7) is 2.54. The number of esters is 3. The number of carbonyl (C=O) groups excluding carboxylic acids is 3. The average molecular weight is 628 g/mol. The van der Waals surface area contributed by atoms with Crippen LogP contribution in [-0.2, 0) is 39.5 Å². The Morgan fingerprint density at radius 1 is 1.02 bits per heavy atom. The molecule has 0 radical (unpaired) electrons.